The fraction of sp³-hybridized carbons (Fsp3) is 0.393. The zero-order valence-corrected chi connectivity index (χ0v) is 20.9. The van der Waals surface area contributed by atoms with Crippen LogP contribution in [-0.4, -0.2) is 40.8 Å². The summed E-state index contributed by atoms with van der Waals surface area (Å²) in [7, 11) is 1.42. The lowest BCUT2D eigenvalue weighted by Gasteiger charge is -2.39. The van der Waals surface area contributed by atoms with Gasteiger partial charge in [0.2, 0.25) is 5.43 Å². The number of hydrogen-bond acceptors (Lipinski definition) is 5. The Morgan fingerprint density at radius 1 is 1.17 bits per heavy atom. The SMILES string of the molecule is COc1c2n(cc(C(=O)O)c1=O)C(C(C)(C)C)Cc1cc(-c3cnc(N4CCC4)cc3C)ccc1-2. The minimum atomic E-state index is -1.25. The summed E-state index contributed by atoms with van der Waals surface area (Å²) >= 11 is 0. The highest BCUT2D eigenvalue weighted by molar-refractivity contribution is 5.89. The maximum Gasteiger partial charge on any atom is 0.341 e. The smallest absolute Gasteiger partial charge is 0.341 e. The van der Waals surface area contributed by atoms with Crippen molar-refractivity contribution in [3.05, 3.63) is 63.6 Å². The van der Waals surface area contributed by atoms with Crippen molar-refractivity contribution in [2.45, 2.75) is 46.6 Å². The maximum absolute atomic E-state index is 13.0. The Labute approximate surface area is 205 Å². The first-order valence-electron chi connectivity index (χ1n) is 12.0. The molecular formula is C28H31N3O4. The number of anilines is 1. The second-order valence-electron chi connectivity index (χ2n) is 10.6. The van der Waals surface area contributed by atoms with Crippen molar-refractivity contribution < 1.29 is 14.6 Å². The van der Waals surface area contributed by atoms with Gasteiger partial charge in [-0.3, -0.25) is 4.79 Å². The molecule has 7 heteroatoms. The highest BCUT2D eigenvalue weighted by atomic mass is 16.5. The van der Waals surface area contributed by atoms with Gasteiger partial charge in [-0.05, 0) is 47.9 Å². The van der Waals surface area contributed by atoms with Gasteiger partial charge in [0.15, 0.2) is 5.75 Å². The fourth-order valence-corrected chi connectivity index (χ4v) is 5.21. The fourth-order valence-electron chi connectivity index (χ4n) is 5.21. The number of fused-ring (bicyclic) bond motifs is 3. The summed E-state index contributed by atoms with van der Waals surface area (Å²) in [6, 6.07) is 8.33. The van der Waals surface area contributed by atoms with Gasteiger partial charge in [0, 0.05) is 42.7 Å². The Morgan fingerprint density at radius 2 is 1.91 bits per heavy atom. The molecular weight excluding hydrogens is 442 g/mol. The standard InChI is InChI=1S/C28H31N3O4/c1-16-11-23(30-9-6-10-30)29-14-20(16)17-7-8-19-18(12-17)13-22(28(2,3)4)31-15-21(27(33)34)25(32)26(35-5)24(19)31/h7-8,11-12,14-15,22H,6,9-10,13H2,1-5H3,(H,33,34). The normalized spacial score (nSPS) is 16.8. The number of pyridine rings is 2. The Balaban J connectivity index is 1.68. The lowest BCUT2D eigenvalue weighted by molar-refractivity contribution is 0.0693. The predicted molar refractivity (Wildman–Crippen MR) is 137 cm³/mol. The van der Waals surface area contributed by atoms with E-state index in [1.54, 1.807) is 0 Å². The van der Waals surface area contributed by atoms with Gasteiger partial charge in [0.25, 0.3) is 0 Å². The third kappa shape index (κ3) is 3.79. The van der Waals surface area contributed by atoms with Crippen LogP contribution in [0.3, 0.4) is 0 Å². The van der Waals surface area contributed by atoms with E-state index < -0.39 is 11.4 Å². The molecule has 182 valence electrons. The van der Waals surface area contributed by atoms with E-state index in [-0.39, 0.29) is 22.8 Å². The summed E-state index contributed by atoms with van der Waals surface area (Å²) < 4.78 is 7.46. The van der Waals surface area contributed by atoms with E-state index in [1.807, 2.05) is 22.9 Å². The minimum Gasteiger partial charge on any atom is -0.491 e. The minimum absolute atomic E-state index is 0.0548. The third-order valence-corrected chi connectivity index (χ3v) is 7.32. The first kappa shape index (κ1) is 23.1. The van der Waals surface area contributed by atoms with Crippen molar-refractivity contribution in [2.75, 3.05) is 25.1 Å². The molecule has 0 bridgehead atoms. The van der Waals surface area contributed by atoms with Crippen LogP contribution in [0.2, 0.25) is 0 Å². The first-order valence-corrected chi connectivity index (χ1v) is 12.0. The molecule has 35 heavy (non-hydrogen) atoms. The molecule has 1 atom stereocenters. The van der Waals surface area contributed by atoms with Crippen LogP contribution in [0.1, 0.15) is 54.7 Å². The van der Waals surface area contributed by atoms with E-state index in [0.717, 1.165) is 41.2 Å². The number of methoxy groups -OCH3 is 1. The number of aromatic nitrogens is 2. The molecule has 0 aliphatic carbocycles. The zero-order valence-electron chi connectivity index (χ0n) is 20.9. The molecule has 1 fully saturated rings. The molecule has 7 nitrogen and oxygen atoms in total. The molecule has 0 saturated carbocycles. The van der Waals surface area contributed by atoms with Crippen molar-refractivity contribution in [1.82, 2.24) is 9.55 Å². The van der Waals surface area contributed by atoms with Gasteiger partial charge in [-0.2, -0.15) is 0 Å². The topological polar surface area (TPSA) is 84.7 Å². The molecule has 2 aromatic heterocycles. The number of nitrogens with zero attached hydrogens (tertiary/aromatic N) is 3. The van der Waals surface area contributed by atoms with E-state index in [0.29, 0.717) is 12.1 Å². The summed E-state index contributed by atoms with van der Waals surface area (Å²) in [6.45, 7) is 10.6. The first-order chi connectivity index (χ1) is 16.6. The van der Waals surface area contributed by atoms with Gasteiger partial charge in [-0.25, -0.2) is 9.78 Å². The van der Waals surface area contributed by atoms with Crippen LogP contribution < -0.4 is 15.1 Å². The van der Waals surface area contributed by atoms with Gasteiger partial charge >= 0.3 is 5.97 Å². The van der Waals surface area contributed by atoms with Crippen LogP contribution in [0, 0.1) is 12.3 Å². The van der Waals surface area contributed by atoms with Crippen molar-refractivity contribution >= 4 is 11.8 Å². The Bertz CT molecular complexity index is 1400. The molecule has 1 aromatic carbocycles. The van der Waals surface area contributed by atoms with Crippen molar-refractivity contribution in [2.24, 2.45) is 5.41 Å². The van der Waals surface area contributed by atoms with Gasteiger partial charge in [-0.15, -0.1) is 0 Å². The van der Waals surface area contributed by atoms with E-state index in [9.17, 15) is 14.7 Å². The molecule has 1 N–H and O–H groups in total. The molecule has 4 heterocycles. The average molecular weight is 474 g/mol. The number of ether oxygens (including phenoxy) is 1. The highest BCUT2D eigenvalue weighted by Crippen LogP contribution is 2.46. The number of aromatic carboxylic acids is 1. The van der Waals surface area contributed by atoms with Crippen LogP contribution in [0.5, 0.6) is 5.75 Å². The summed E-state index contributed by atoms with van der Waals surface area (Å²) in [5, 5.41) is 9.66. The van der Waals surface area contributed by atoms with Gasteiger partial charge < -0.3 is 19.3 Å². The number of carbonyl (C=O) groups is 1. The lowest BCUT2D eigenvalue weighted by Crippen LogP contribution is -2.37. The molecule has 2 aliphatic rings. The van der Waals surface area contributed by atoms with Gasteiger partial charge in [-0.1, -0.05) is 39.0 Å². The molecule has 5 rings (SSSR count). The molecule has 1 saturated heterocycles. The number of carboxylic acid groups (broad SMARTS) is 1. The van der Waals surface area contributed by atoms with Crippen LogP contribution in [0.4, 0.5) is 5.82 Å². The predicted octanol–water partition coefficient (Wildman–Crippen LogP) is 4.95. The lowest BCUT2D eigenvalue weighted by atomic mass is 9.78. The molecule has 3 aromatic rings. The average Bonchev–Trinajstić information content (AvgIpc) is 2.76. The third-order valence-electron chi connectivity index (χ3n) is 7.32. The Hall–Kier alpha value is -3.61. The second-order valence-corrected chi connectivity index (χ2v) is 10.6. The molecule has 2 aliphatic heterocycles. The molecule has 0 radical (unpaired) electrons. The summed E-state index contributed by atoms with van der Waals surface area (Å²) in [6.07, 6.45) is 5.36. The van der Waals surface area contributed by atoms with E-state index in [2.05, 4.69) is 44.7 Å². The van der Waals surface area contributed by atoms with Crippen molar-refractivity contribution in [3.63, 3.8) is 0 Å². The van der Waals surface area contributed by atoms with E-state index >= 15 is 0 Å². The van der Waals surface area contributed by atoms with Gasteiger partial charge in [0.1, 0.15) is 11.4 Å². The van der Waals surface area contributed by atoms with Crippen LogP contribution in [0.25, 0.3) is 22.4 Å². The summed E-state index contributed by atoms with van der Waals surface area (Å²) in [5.41, 5.74) is 4.91. The Morgan fingerprint density at radius 3 is 2.49 bits per heavy atom. The zero-order chi connectivity index (χ0) is 25.1. The molecule has 0 spiro atoms. The van der Waals surface area contributed by atoms with E-state index in [4.69, 9.17) is 9.72 Å². The summed E-state index contributed by atoms with van der Waals surface area (Å²) in [5.74, 6) is -0.151. The van der Waals surface area contributed by atoms with Gasteiger partial charge in [0.05, 0.1) is 12.8 Å². The summed E-state index contributed by atoms with van der Waals surface area (Å²) in [4.78, 5) is 31.8. The van der Waals surface area contributed by atoms with Crippen LogP contribution in [-0.2, 0) is 6.42 Å². The van der Waals surface area contributed by atoms with E-state index in [1.165, 1.54) is 25.3 Å². The number of carboxylic acids is 1. The van der Waals surface area contributed by atoms with Crippen LogP contribution in [0.15, 0.2) is 41.5 Å². The largest absolute Gasteiger partial charge is 0.491 e. The Kier molecular flexibility index (Phi) is 5.46. The monoisotopic (exact) mass is 473 g/mol. The highest BCUT2D eigenvalue weighted by Gasteiger charge is 2.36. The number of rotatable bonds is 4. The maximum atomic E-state index is 13.0. The molecule has 1 unspecified atom stereocenters. The van der Waals surface area contributed by atoms with Crippen molar-refractivity contribution in [3.8, 4) is 28.1 Å². The number of hydrogen-bond donors (Lipinski definition) is 1. The quantitative estimate of drug-likeness (QED) is 0.577. The van der Waals surface area contributed by atoms with Crippen molar-refractivity contribution in [1.29, 1.82) is 0 Å². The number of benzene rings is 1. The van der Waals surface area contributed by atoms with Crippen LogP contribution >= 0.6 is 0 Å². The number of aryl methyl sites for hydroxylation is 1. The molecule has 0 amide bonds. The second kappa shape index (κ2) is 8.26.